The number of hydrogen-bond acceptors (Lipinski definition) is 0. The molecule has 0 aliphatic carbocycles. The Morgan fingerprint density at radius 2 is 1.91 bits per heavy atom. The van der Waals surface area contributed by atoms with Gasteiger partial charge < -0.3 is 4.57 Å². The van der Waals surface area contributed by atoms with E-state index in [-0.39, 0.29) is 0 Å². The first-order valence-electron chi connectivity index (χ1n) is 4.43. The van der Waals surface area contributed by atoms with Crippen molar-refractivity contribution in [2.45, 2.75) is 33.2 Å². The number of nitrogens with zero attached hydrogens (tertiary/aromatic N) is 1. The van der Waals surface area contributed by atoms with Gasteiger partial charge in [0, 0.05) is 18.9 Å². The third-order valence-electron chi connectivity index (χ3n) is 1.97. The van der Waals surface area contributed by atoms with Crippen molar-refractivity contribution in [3.05, 3.63) is 24.5 Å². The van der Waals surface area contributed by atoms with Gasteiger partial charge in [0.2, 0.25) is 0 Å². The topological polar surface area (TPSA) is 4.93 Å². The van der Waals surface area contributed by atoms with E-state index in [1.807, 2.05) is 0 Å². The molecule has 0 N–H and O–H groups in total. The average molecular weight is 151 g/mol. The molecular weight excluding hydrogens is 134 g/mol. The summed E-state index contributed by atoms with van der Waals surface area (Å²) in [6.07, 6.45) is 6.89. The van der Waals surface area contributed by atoms with E-state index in [2.05, 4.69) is 42.9 Å². The second kappa shape index (κ2) is 4.22. The van der Waals surface area contributed by atoms with Gasteiger partial charge in [-0.25, -0.2) is 0 Å². The summed E-state index contributed by atoms with van der Waals surface area (Å²) in [7, 11) is 0. The molecule has 11 heavy (non-hydrogen) atoms. The minimum absolute atomic E-state index is 0.812. The van der Waals surface area contributed by atoms with Crippen LogP contribution in [0.3, 0.4) is 0 Å². The Balaban J connectivity index is 2.31. The summed E-state index contributed by atoms with van der Waals surface area (Å²) in [4.78, 5) is 0. The van der Waals surface area contributed by atoms with Crippen molar-refractivity contribution in [1.29, 1.82) is 0 Å². The van der Waals surface area contributed by atoms with Gasteiger partial charge in [-0.15, -0.1) is 0 Å². The second-order valence-corrected chi connectivity index (χ2v) is 3.27. The number of aromatic nitrogens is 1. The highest BCUT2D eigenvalue weighted by atomic mass is 14.9. The van der Waals surface area contributed by atoms with Gasteiger partial charge in [0.15, 0.2) is 0 Å². The minimum atomic E-state index is 0.812. The molecule has 0 aromatic carbocycles. The molecule has 1 aromatic heterocycles. The van der Waals surface area contributed by atoms with Gasteiger partial charge in [0.05, 0.1) is 0 Å². The van der Waals surface area contributed by atoms with E-state index < -0.39 is 0 Å². The van der Waals surface area contributed by atoms with Crippen molar-refractivity contribution in [3.63, 3.8) is 0 Å². The molecule has 1 unspecified atom stereocenters. The molecule has 1 rings (SSSR count). The zero-order valence-corrected chi connectivity index (χ0v) is 7.46. The van der Waals surface area contributed by atoms with Gasteiger partial charge in [-0.3, -0.25) is 0 Å². The van der Waals surface area contributed by atoms with Gasteiger partial charge in [-0.2, -0.15) is 0 Å². The summed E-state index contributed by atoms with van der Waals surface area (Å²) >= 11 is 0. The molecule has 0 aliphatic rings. The van der Waals surface area contributed by atoms with Crippen LogP contribution in [0.15, 0.2) is 24.5 Å². The third kappa shape index (κ3) is 2.79. The standard InChI is InChI=1S/C10H17N/c1-3-6-10(2)9-11-7-4-5-8-11/h4-5,7-8,10H,3,6,9H2,1-2H3. The number of rotatable bonds is 4. The Labute approximate surface area is 69.0 Å². The molecule has 1 nitrogen and oxygen atoms in total. The Kier molecular flexibility index (Phi) is 3.21. The average Bonchev–Trinajstić information content (AvgIpc) is 2.40. The molecule has 1 heteroatoms. The highest BCUT2D eigenvalue weighted by molar-refractivity contribution is 4.90. The maximum atomic E-state index is 2.31. The van der Waals surface area contributed by atoms with Gasteiger partial charge >= 0.3 is 0 Å². The summed E-state index contributed by atoms with van der Waals surface area (Å²) in [5.74, 6) is 0.812. The molecule has 1 heterocycles. The predicted octanol–water partition coefficient (Wildman–Crippen LogP) is 2.92. The normalized spacial score (nSPS) is 13.3. The molecular formula is C10H17N. The summed E-state index contributed by atoms with van der Waals surface area (Å²) in [5, 5.41) is 0. The van der Waals surface area contributed by atoms with Crippen molar-refractivity contribution >= 4 is 0 Å². The van der Waals surface area contributed by atoms with Crippen molar-refractivity contribution in [3.8, 4) is 0 Å². The first-order valence-corrected chi connectivity index (χ1v) is 4.43. The molecule has 1 aromatic rings. The summed E-state index contributed by atoms with van der Waals surface area (Å²) in [6.45, 7) is 5.72. The molecule has 0 radical (unpaired) electrons. The van der Waals surface area contributed by atoms with Crippen LogP contribution in [-0.4, -0.2) is 4.57 Å². The Bertz CT molecular complexity index is 177. The lowest BCUT2D eigenvalue weighted by atomic mass is 10.1. The molecule has 0 saturated carbocycles. The molecule has 0 spiro atoms. The van der Waals surface area contributed by atoms with E-state index in [1.165, 1.54) is 19.4 Å². The zero-order valence-electron chi connectivity index (χ0n) is 7.46. The van der Waals surface area contributed by atoms with Gasteiger partial charge in [-0.1, -0.05) is 20.3 Å². The summed E-state index contributed by atoms with van der Waals surface area (Å²) in [5.41, 5.74) is 0. The van der Waals surface area contributed by atoms with Gasteiger partial charge in [0.1, 0.15) is 0 Å². The maximum Gasteiger partial charge on any atom is 0.0245 e. The number of hydrogen-bond donors (Lipinski definition) is 0. The van der Waals surface area contributed by atoms with Crippen LogP contribution in [0.25, 0.3) is 0 Å². The largest absolute Gasteiger partial charge is 0.354 e. The highest BCUT2D eigenvalue weighted by Gasteiger charge is 1.99. The Morgan fingerprint density at radius 3 is 2.45 bits per heavy atom. The van der Waals surface area contributed by atoms with Crippen LogP contribution < -0.4 is 0 Å². The van der Waals surface area contributed by atoms with E-state index in [0.717, 1.165) is 5.92 Å². The van der Waals surface area contributed by atoms with Crippen LogP contribution in [0.5, 0.6) is 0 Å². The van der Waals surface area contributed by atoms with Crippen molar-refractivity contribution < 1.29 is 0 Å². The van der Waals surface area contributed by atoms with Crippen LogP contribution in [0.4, 0.5) is 0 Å². The van der Waals surface area contributed by atoms with Crippen LogP contribution in [0, 0.1) is 5.92 Å². The lowest BCUT2D eigenvalue weighted by Crippen LogP contribution is -2.04. The maximum absolute atomic E-state index is 2.31. The van der Waals surface area contributed by atoms with Gasteiger partial charge in [-0.05, 0) is 24.5 Å². The predicted molar refractivity (Wildman–Crippen MR) is 48.5 cm³/mol. The summed E-state index contributed by atoms with van der Waals surface area (Å²) < 4.78 is 2.25. The first kappa shape index (κ1) is 8.38. The monoisotopic (exact) mass is 151 g/mol. The lowest BCUT2D eigenvalue weighted by molar-refractivity contribution is 0.447. The van der Waals surface area contributed by atoms with E-state index in [1.54, 1.807) is 0 Å². The lowest BCUT2D eigenvalue weighted by Gasteiger charge is -2.10. The molecule has 0 amide bonds. The zero-order chi connectivity index (χ0) is 8.10. The fourth-order valence-corrected chi connectivity index (χ4v) is 1.44. The Hall–Kier alpha value is -0.720. The first-order chi connectivity index (χ1) is 5.33. The molecule has 0 bridgehead atoms. The smallest absolute Gasteiger partial charge is 0.0245 e. The quantitative estimate of drug-likeness (QED) is 0.623. The summed E-state index contributed by atoms with van der Waals surface area (Å²) in [6, 6.07) is 4.16. The molecule has 1 atom stereocenters. The van der Waals surface area contributed by atoms with E-state index >= 15 is 0 Å². The molecule has 0 aliphatic heterocycles. The van der Waals surface area contributed by atoms with E-state index in [0.29, 0.717) is 0 Å². The van der Waals surface area contributed by atoms with Crippen molar-refractivity contribution in [2.24, 2.45) is 5.92 Å². The third-order valence-corrected chi connectivity index (χ3v) is 1.97. The van der Waals surface area contributed by atoms with Crippen LogP contribution in [0.2, 0.25) is 0 Å². The molecule has 0 saturated heterocycles. The van der Waals surface area contributed by atoms with Crippen LogP contribution in [-0.2, 0) is 6.54 Å². The highest BCUT2D eigenvalue weighted by Crippen LogP contribution is 2.07. The minimum Gasteiger partial charge on any atom is -0.354 e. The van der Waals surface area contributed by atoms with E-state index in [9.17, 15) is 0 Å². The fourth-order valence-electron chi connectivity index (χ4n) is 1.44. The van der Waals surface area contributed by atoms with Gasteiger partial charge in [0.25, 0.3) is 0 Å². The fraction of sp³-hybridized carbons (Fsp3) is 0.600. The molecule has 62 valence electrons. The van der Waals surface area contributed by atoms with Crippen LogP contribution >= 0.6 is 0 Å². The van der Waals surface area contributed by atoms with Crippen molar-refractivity contribution in [2.75, 3.05) is 0 Å². The van der Waals surface area contributed by atoms with Crippen molar-refractivity contribution in [1.82, 2.24) is 4.57 Å². The van der Waals surface area contributed by atoms with E-state index in [4.69, 9.17) is 0 Å². The van der Waals surface area contributed by atoms with Crippen LogP contribution in [0.1, 0.15) is 26.7 Å². The SMILES string of the molecule is CCCC(C)Cn1cccc1. The Morgan fingerprint density at radius 1 is 1.27 bits per heavy atom. The second-order valence-electron chi connectivity index (χ2n) is 3.27. The molecule has 0 fully saturated rings.